The van der Waals surface area contributed by atoms with Crippen LogP contribution in [0.3, 0.4) is 0 Å². The van der Waals surface area contributed by atoms with E-state index in [2.05, 4.69) is 9.82 Å². The molecule has 0 aromatic carbocycles. The quantitative estimate of drug-likeness (QED) is 0.560. The molecule has 0 aliphatic carbocycles. The molecule has 0 aliphatic rings. The molecule has 76 valence electrons. The first-order valence-corrected chi connectivity index (χ1v) is 4.39. The van der Waals surface area contributed by atoms with Crippen LogP contribution < -0.4 is 10.4 Å². The smallest absolute Gasteiger partial charge is 0.330 e. The molecule has 5 nitrogen and oxygen atoms in total. The van der Waals surface area contributed by atoms with Gasteiger partial charge in [0.25, 0.3) is 0 Å². The molecule has 0 saturated carbocycles. The van der Waals surface area contributed by atoms with Crippen molar-refractivity contribution < 1.29 is 9.63 Å². The average Bonchev–Trinajstić information content (AvgIpc) is 2.09. The third-order valence-electron chi connectivity index (χ3n) is 1.13. The Labute approximate surface area is 93.1 Å². The predicted octanol–water partition coefficient (Wildman–Crippen LogP) is 1.18. The first kappa shape index (κ1) is 11.3. The topological polar surface area (TPSA) is 61.2 Å². The van der Waals surface area contributed by atoms with Crippen molar-refractivity contribution >= 4 is 40.8 Å². The number of aromatic nitrogens is 2. The highest BCUT2D eigenvalue weighted by atomic mass is 35.5. The van der Waals surface area contributed by atoms with Crippen molar-refractivity contribution in [3.8, 4) is 0 Å². The molecule has 1 heterocycles. The van der Waals surface area contributed by atoms with Gasteiger partial charge in [-0.25, -0.2) is 9.78 Å². The summed E-state index contributed by atoms with van der Waals surface area (Å²) in [5.74, 6) is -0.728. The van der Waals surface area contributed by atoms with Crippen molar-refractivity contribution in [1.82, 2.24) is 9.71 Å². The molecule has 8 heteroatoms. The Morgan fingerprint density at radius 1 is 1.43 bits per heavy atom. The van der Waals surface area contributed by atoms with Gasteiger partial charge in [0.1, 0.15) is 5.02 Å². The Bertz CT molecular complexity index is 443. The number of rotatable bonds is 1. The van der Waals surface area contributed by atoms with Crippen molar-refractivity contribution in [2.24, 2.45) is 0 Å². The van der Waals surface area contributed by atoms with Gasteiger partial charge in [0.05, 0.1) is 0 Å². The Hall–Kier alpha value is -0.780. The van der Waals surface area contributed by atoms with Gasteiger partial charge in [-0.15, -0.1) is 4.73 Å². The highest BCUT2D eigenvalue weighted by Crippen LogP contribution is 2.16. The molecule has 0 N–H and O–H groups in total. The van der Waals surface area contributed by atoms with Crippen molar-refractivity contribution in [3.63, 3.8) is 0 Å². The largest absolute Gasteiger partial charge is 0.331 e. The van der Waals surface area contributed by atoms with Crippen LogP contribution >= 0.6 is 34.8 Å². The summed E-state index contributed by atoms with van der Waals surface area (Å²) in [5, 5.41) is -0.984. The number of hydrogen-bond acceptors (Lipinski definition) is 4. The number of carbonyl (C=O) groups is 1. The fourth-order valence-corrected chi connectivity index (χ4v) is 1.16. The minimum Gasteiger partial charge on any atom is -0.331 e. The maximum atomic E-state index is 11.3. The Balaban J connectivity index is 3.37. The summed E-state index contributed by atoms with van der Waals surface area (Å²) in [7, 11) is 0. The van der Waals surface area contributed by atoms with Gasteiger partial charge in [-0.05, 0) is 11.6 Å². The van der Waals surface area contributed by atoms with Crippen LogP contribution in [-0.2, 0) is 4.79 Å². The molecule has 0 unspecified atom stereocenters. The first-order chi connectivity index (χ1) is 6.43. The zero-order valence-electron chi connectivity index (χ0n) is 6.75. The molecule has 0 aliphatic heterocycles. The highest BCUT2D eigenvalue weighted by molar-refractivity contribution is 6.41. The van der Waals surface area contributed by atoms with Crippen LogP contribution in [0.5, 0.6) is 0 Å². The van der Waals surface area contributed by atoms with E-state index in [0.717, 1.165) is 6.92 Å². The summed E-state index contributed by atoms with van der Waals surface area (Å²) in [6.45, 7) is 1.10. The third-order valence-corrected chi connectivity index (χ3v) is 2.08. The molecule has 1 aromatic heterocycles. The number of hydrogen-bond donors (Lipinski definition) is 0. The summed E-state index contributed by atoms with van der Waals surface area (Å²) in [5.41, 5.74) is -0.841. The maximum absolute atomic E-state index is 11.3. The number of carbonyl (C=O) groups excluding carboxylic acids is 1. The third kappa shape index (κ3) is 2.17. The van der Waals surface area contributed by atoms with Crippen LogP contribution in [-0.4, -0.2) is 15.7 Å². The van der Waals surface area contributed by atoms with Crippen molar-refractivity contribution in [3.05, 3.63) is 25.8 Å². The Morgan fingerprint density at radius 2 is 2.00 bits per heavy atom. The molecule has 0 bridgehead atoms. The summed E-state index contributed by atoms with van der Waals surface area (Å²) in [6, 6.07) is 0. The SMILES string of the molecule is CC(=O)On1c(Cl)nc(Cl)c(Cl)c1=O. The molecule has 0 spiro atoms. The van der Waals surface area contributed by atoms with Crippen LogP contribution in [0, 0.1) is 0 Å². The van der Waals surface area contributed by atoms with E-state index in [0.29, 0.717) is 4.73 Å². The van der Waals surface area contributed by atoms with Gasteiger partial charge in [0, 0.05) is 6.92 Å². The molecule has 14 heavy (non-hydrogen) atoms. The van der Waals surface area contributed by atoms with Crippen molar-refractivity contribution in [2.75, 3.05) is 0 Å². The van der Waals surface area contributed by atoms with Gasteiger partial charge in [-0.2, -0.15) is 0 Å². The molecular formula is C6H3Cl3N2O3. The average molecular weight is 257 g/mol. The normalized spacial score (nSPS) is 10.0. The van der Waals surface area contributed by atoms with Gasteiger partial charge < -0.3 is 4.84 Å². The van der Waals surface area contributed by atoms with Crippen LogP contribution in [0.2, 0.25) is 15.5 Å². The van der Waals surface area contributed by atoms with E-state index in [1.165, 1.54) is 0 Å². The Kier molecular flexibility index (Phi) is 3.36. The molecule has 0 amide bonds. The lowest BCUT2D eigenvalue weighted by molar-refractivity contribution is -0.142. The lowest BCUT2D eigenvalue weighted by Gasteiger charge is -2.05. The summed E-state index contributed by atoms with van der Waals surface area (Å²) >= 11 is 16.4. The van der Waals surface area contributed by atoms with E-state index in [1.807, 2.05) is 0 Å². The van der Waals surface area contributed by atoms with E-state index < -0.39 is 11.5 Å². The molecule has 0 atom stereocenters. The molecule has 0 fully saturated rings. The van der Waals surface area contributed by atoms with Crippen molar-refractivity contribution in [2.45, 2.75) is 6.92 Å². The summed E-state index contributed by atoms with van der Waals surface area (Å²) < 4.78 is 0.456. The molecular weight excluding hydrogens is 254 g/mol. The van der Waals surface area contributed by atoms with Crippen LogP contribution in [0.1, 0.15) is 6.92 Å². The molecule has 0 radical (unpaired) electrons. The minimum atomic E-state index is -0.841. The second kappa shape index (κ2) is 4.16. The molecule has 1 aromatic rings. The number of halogens is 3. The van der Waals surface area contributed by atoms with E-state index in [9.17, 15) is 9.59 Å². The fourth-order valence-electron chi connectivity index (χ4n) is 0.644. The second-order valence-corrected chi connectivity index (χ2v) is 3.24. The highest BCUT2D eigenvalue weighted by Gasteiger charge is 2.14. The fraction of sp³-hybridized carbons (Fsp3) is 0.167. The second-order valence-electron chi connectivity index (χ2n) is 2.17. The lowest BCUT2D eigenvalue weighted by atomic mass is 10.6. The molecule has 0 saturated heterocycles. The monoisotopic (exact) mass is 256 g/mol. The van der Waals surface area contributed by atoms with Gasteiger partial charge in [0.15, 0.2) is 5.15 Å². The van der Waals surface area contributed by atoms with Gasteiger partial charge in [0.2, 0.25) is 5.28 Å². The van der Waals surface area contributed by atoms with Crippen LogP contribution in [0.15, 0.2) is 4.79 Å². The van der Waals surface area contributed by atoms with Crippen LogP contribution in [0.25, 0.3) is 0 Å². The molecule has 1 rings (SSSR count). The van der Waals surface area contributed by atoms with Gasteiger partial charge in [-0.1, -0.05) is 23.2 Å². The number of nitrogens with zero attached hydrogens (tertiary/aromatic N) is 2. The van der Waals surface area contributed by atoms with E-state index in [-0.39, 0.29) is 15.5 Å². The zero-order valence-corrected chi connectivity index (χ0v) is 9.02. The standard InChI is InChI=1S/C6H3Cl3N2O3/c1-2(12)14-11-5(13)3(7)4(8)10-6(11)9/h1H3. The summed E-state index contributed by atoms with van der Waals surface area (Å²) in [6.07, 6.45) is 0. The Morgan fingerprint density at radius 3 is 2.50 bits per heavy atom. The van der Waals surface area contributed by atoms with Gasteiger partial charge >= 0.3 is 11.5 Å². The van der Waals surface area contributed by atoms with E-state index in [4.69, 9.17) is 34.8 Å². The first-order valence-electron chi connectivity index (χ1n) is 3.26. The predicted molar refractivity (Wildman–Crippen MR) is 50.8 cm³/mol. The van der Waals surface area contributed by atoms with Gasteiger partial charge in [-0.3, -0.25) is 4.79 Å². The lowest BCUT2D eigenvalue weighted by Crippen LogP contribution is -2.31. The van der Waals surface area contributed by atoms with E-state index >= 15 is 0 Å². The zero-order chi connectivity index (χ0) is 10.9. The maximum Gasteiger partial charge on any atom is 0.330 e. The van der Waals surface area contributed by atoms with Crippen LogP contribution in [0.4, 0.5) is 0 Å². The minimum absolute atomic E-state index is 0.245. The van der Waals surface area contributed by atoms with Crippen molar-refractivity contribution in [1.29, 1.82) is 0 Å². The van der Waals surface area contributed by atoms with E-state index in [1.54, 1.807) is 0 Å². The summed E-state index contributed by atoms with van der Waals surface area (Å²) in [4.78, 5) is 29.8.